The van der Waals surface area contributed by atoms with Crippen molar-refractivity contribution in [3.63, 3.8) is 0 Å². The molecule has 0 atom stereocenters. The van der Waals surface area contributed by atoms with Crippen molar-refractivity contribution in [3.05, 3.63) is 42.0 Å². The van der Waals surface area contributed by atoms with Crippen LogP contribution in [0.4, 0.5) is 10.1 Å². The normalized spacial score (nSPS) is 11.6. The van der Waals surface area contributed by atoms with Crippen molar-refractivity contribution in [1.82, 2.24) is 15.0 Å². The van der Waals surface area contributed by atoms with E-state index in [0.717, 1.165) is 11.4 Å². The summed E-state index contributed by atoms with van der Waals surface area (Å²) in [5, 5.41) is 11.3. The zero-order chi connectivity index (χ0) is 13.2. The van der Waals surface area contributed by atoms with E-state index in [1.807, 2.05) is 10.9 Å². The second-order valence-electron chi connectivity index (χ2n) is 5.19. The number of halogens is 1. The topological polar surface area (TPSA) is 42.7 Å². The van der Waals surface area contributed by atoms with Crippen LogP contribution in [0.1, 0.15) is 26.5 Å². The van der Waals surface area contributed by atoms with Crippen molar-refractivity contribution in [2.75, 3.05) is 5.32 Å². The number of nitrogens with one attached hydrogen (secondary N) is 1. The summed E-state index contributed by atoms with van der Waals surface area (Å²) >= 11 is 0. The van der Waals surface area contributed by atoms with Crippen LogP contribution in [0.5, 0.6) is 0 Å². The fourth-order valence-electron chi connectivity index (χ4n) is 1.47. The van der Waals surface area contributed by atoms with Crippen LogP contribution in [0.3, 0.4) is 0 Å². The van der Waals surface area contributed by atoms with Crippen molar-refractivity contribution in [3.8, 4) is 0 Å². The van der Waals surface area contributed by atoms with Crippen LogP contribution in [0, 0.1) is 5.82 Å². The van der Waals surface area contributed by atoms with E-state index >= 15 is 0 Å². The van der Waals surface area contributed by atoms with Gasteiger partial charge >= 0.3 is 0 Å². The van der Waals surface area contributed by atoms with Gasteiger partial charge in [-0.1, -0.05) is 5.21 Å². The highest BCUT2D eigenvalue weighted by Gasteiger charge is 2.14. The molecule has 1 N–H and O–H groups in total. The molecule has 0 aliphatic rings. The van der Waals surface area contributed by atoms with Gasteiger partial charge in [-0.05, 0) is 45.0 Å². The standard InChI is InChI=1S/C13H17FN4/c1-13(2,3)18-9-12(16-17-18)8-15-11-6-4-10(14)5-7-11/h4-7,9,15H,8H2,1-3H3. The fraction of sp³-hybridized carbons (Fsp3) is 0.385. The summed E-state index contributed by atoms with van der Waals surface area (Å²) in [5.74, 6) is -0.237. The predicted molar refractivity (Wildman–Crippen MR) is 68.7 cm³/mol. The summed E-state index contributed by atoms with van der Waals surface area (Å²) in [6.07, 6.45) is 1.91. The van der Waals surface area contributed by atoms with E-state index in [9.17, 15) is 4.39 Å². The maximum atomic E-state index is 12.7. The lowest BCUT2D eigenvalue weighted by atomic mass is 10.1. The number of benzene rings is 1. The molecule has 2 aromatic rings. The Morgan fingerprint density at radius 2 is 1.89 bits per heavy atom. The lowest BCUT2D eigenvalue weighted by molar-refractivity contribution is 0.347. The second-order valence-corrected chi connectivity index (χ2v) is 5.19. The number of nitrogens with zero attached hydrogens (tertiary/aromatic N) is 3. The largest absolute Gasteiger partial charge is 0.379 e. The van der Waals surface area contributed by atoms with Gasteiger partial charge in [0.15, 0.2) is 0 Å². The Kier molecular flexibility index (Phi) is 3.32. The molecule has 0 radical (unpaired) electrons. The molecule has 18 heavy (non-hydrogen) atoms. The average molecular weight is 248 g/mol. The number of aromatic nitrogens is 3. The Hall–Kier alpha value is -1.91. The molecular weight excluding hydrogens is 231 g/mol. The van der Waals surface area contributed by atoms with Crippen LogP contribution in [0.25, 0.3) is 0 Å². The molecule has 0 saturated heterocycles. The first kappa shape index (κ1) is 12.5. The maximum Gasteiger partial charge on any atom is 0.123 e. The molecule has 1 heterocycles. The molecule has 2 rings (SSSR count). The highest BCUT2D eigenvalue weighted by Crippen LogP contribution is 2.13. The van der Waals surface area contributed by atoms with Gasteiger partial charge in [-0.2, -0.15) is 0 Å². The molecule has 0 fully saturated rings. The summed E-state index contributed by atoms with van der Waals surface area (Å²) in [7, 11) is 0. The second kappa shape index (κ2) is 4.76. The van der Waals surface area contributed by atoms with Gasteiger partial charge in [0.25, 0.3) is 0 Å². The number of hydrogen-bond acceptors (Lipinski definition) is 3. The molecule has 0 saturated carbocycles. The summed E-state index contributed by atoms with van der Waals surface area (Å²) in [4.78, 5) is 0. The lowest BCUT2D eigenvalue weighted by Gasteiger charge is -2.17. The SMILES string of the molecule is CC(C)(C)n1cc(CNc2ccc(F)cc2)nn1. The van der Waals surface area contributed by atoms with E-state index in [4.69, 9.17) is 0 Å². The van der Waals surface area contributed by atoms with Gasteiger partial charge in [0, 0.05) is 5.69 Å². The average Bonchev–Trinajstić information content (AvgIpc) is 2.77. The molecule has 0 amide bonds. The van der Waals surface area contributed by atoms with Crippen molar-refractivity contribution in [1.29, 1.82) is 0 Å². The van der Waals surface area contributed by atoms with Gasteiger partial charge in [0.05, 0.1) is 18.3 Å². The monoisotopic (exact) mass is 248 g/mol. The molecule has 0 aliphatic heterocycles. The zero-order valence-corrected chi connectivity index (χ0v) is 10.8. The van der Waals surface area contributed by atoms with Crippen LogP contribution < -0.4 is 5.32 Å². The Morgan fingerprint density at radius 3 is 2.44 bits per heavy atom. The quantitative estimate of drug-likeness (QED) is 0.908. The molecule has 0 unspecified atom stereocenters. The van der Waals surface area contributed by atoms with Gasteiger partial charge in [0.2, 0.25) is 0 Å². The van der Waals surface area contributed by atoms with Crippen LogP contribution in [0.15, 0.2) is 30.5 Å². The van der Waals surface area contributed by atoms with Gasteiger partial charge in [-0.25, -0.2) is 9.07 Å². The zero-order valence-electron chi connectivity index (χ0n) is 10.8. The summed E-state index contributed by atoms with van der Waals surface area (Å²) in [6.45, 7) is 6.78. The number of hydrogen-bond donors (Lipinski definition) is 1. The first-order chi connectivity index (χ1) is 8.45. The summed E-state index contributed by atoms with van der Waals surface area (Å²) in [5.41, 5.74) is 1.65. The molecule has 1 aromatic heterocycles. The van der Waals surface area contributed by atoms with E-state index in [1.54, 1.807) is 12.1 Å². The molecule has 96 valence electrons. The van der Waals surface area contributed by atoms with E-state index in [0.29, 0.717) is 6.54 Å². The van der Waals surface area contributed by atoms with Gasteiger partial charge in [-0.15, -0.1) is 5.10 Å². The van der Waals surface area contributed by atoms with Crippen LogP contribution in [0.2, 0.25) is 0 Å². The Labute approximate surface area is 106 Å². The van der Waals surface area contributed by atoms with Gasteiger partial charge < -0.3 is 5.32 Å². The fourth-order valence-corrected chi connectivity index (χ4v) is 1.47. The predicted octanol–water partition coefficient (Wildman–Crippen LogP) is 2.78. The molecule has 0 aliphatic carbocycles. The van der Waals surface area contributed by atoms with Crippen molar-refractivity contribution in [2.45, 2.75) is 32.9 Å². The molecule has 0 spiro atoms. The molecule has 5 heteroatoms. The highest BCUT2D eigenvalue weighted by molar-refractivity contribution is 5.42. The van der Waals surface area contributed by atoms with Crippen LogP contribution in [-0.2, 0) is 12.1 Å². The highest BCUT2D eigenvalue weighted by atomic mass is 19.1. The number of rotatable bonds is 3. The van der Waals surface area contributed by atoms with Crippen molar-refractivity contribution in [2.24, 2.45) is 0 Å². The third-order valence-corrected chi connectivity index (χ3v) is 2.55. The molecular formula is C13H17FN4. The van der Waals surface area contributed by atoms with Gasteiger partial charge in [-0.3, -0.25) is 0 Å². The van der Waals surface area contributed by atoms with E-state index in [1.165, 1.54) is 12.1 Å². The third kappa shape index (κ3) is 3.06. The Balaban J connectivity index is 1.98. The third-order valence-electron chi connectivity index (χ3n) is 2.55. The molecule has 1 aromatic carbocycles. The molecule has 0 bridgehead atoms. The summed E-state index contributed by atoms with van der Waals surface area (Å²) in [6, 6.07) is 6.25. The first-order valence-corrected chi connectivity index (χ1v) is 5.86. The van der Waals surface area contributed by atoms with Crippen molar-refractivity contribution >= 4 is 5.69 Å². The van der Waals surface area contributed by atoms with E-state index in [2.05, 4.69) is 36.4 Å². The van der Waals surface area contributed by atoms with Crippen LogP contribution >= 0.6 is 0 Å². The molecule has 4 nitrogen and oxygen atoms in total. The smallest absolute Gasteiger partial charge is 0.123 e. The first-order valence-electron chi connectivity index (χ1n) is 5.86. The van der Waals surface area contributed by atoms with Gasteiger partial charge in [0.1, 0.15) is 11.5 Å². The van der Waals surface area contributed by atoms with Crippen molar-refractivity contribution < 1.29 is 4.39 Å². The minimum atomic E-state index is -0.237. The minimum absolute atomic E-state index is 0.0683. The summed E-state index contributed by atoms with van der Waals surface area (Å²) < 4.78 is 14.6. The number of anilines is 1. The lowest BCUT2D eigenvalue weighted by Crippen LogP contribution is -2.22. The Morgan fingerprint density at radius 1 is 1.22 bits per heavy atom. The van der Waals surface area contributed by atoms with Crippen LogP contribution in [-0.4, -0.2) is 15.0 Å². The minimum Gasteiger partial charge on any atom is -0.379 e. The van der Waals surface area contributed by atoms with E-state index < -0.39 is 0 Å². The maximum absolute atomic E-state index is 12.7. The van der Waals surface area contributed by atoms with E-state index in [-0.39, 0.29) is 11.4 Å². The Bertz CT molecular complexity index is 511.